The van der Waals surface area contributed by atoms with Crippen LogP contribution in [-0.2, 0) is 28.3 Å². The van der Waals surface area contributed by atoms with Gasteiger partial charge in [0, 0.05) is 33.0 Å². The molecule has 1 N–H and O–H groups in total. The second kappa shape index (κ2) is 9.65. The van der Waals surface area contributed by atoms with Crippen LogP contribution < -0.4 is 5.32 Å². The number of nitrogens with one attached hydrogen (secondary N) is 1. The van der Waals surface area contributed by atoms with Crippen LogP contribution in [0.2, 0.25) is 0 Å². The number of nitrogens with zero attached hydrogens (tertiary/aromatic N) is 3. The highest BCUT2D eigenvalue weighted by atomic mass is 32.2. The number of aryl methyl sites for hydroxylation is 3. The molecule has 0 spiro atoms. The average Bonchev–Trinajstić information content (AvgIpc) is 3.13. The summed E-state index contributed by atoms with van der Waals surface area (Å²) in [5.74, 6) is 0.724. The third kappa shape index (κ3) is 4.96. The number of hydrogen-bond donors (Lipinski definition) is 1. The molecule has 0 bridgehead atoms. The Hall–Kier alpha value is -2.71. The zero-order chi connectivity index (χ0) is 23.6. The van der Waals surface area contributed by atoms with Crippen molar-refractivity contribution in [2.75, 3.05) is 13.1 Å². The molecule has 1 amide bonds. The van der Waals surface area contributed by atoms with Gasteiger partial charge in [-0.1, -0.05) is 30.7 Å². The summed E-state index contributed by atoms with van der Waals surface area (Å²) < 4.78 is 29.5. The number of rotatable bonds is 7. The van der Waals surface area contributed by atoms with E-state index in [1.807, 2.05) is 55.8 Å². The van der Waals surface area contributed by atoms with Crippen molar-refractivity contribution >= 4 is 27.0 Å². The molecular formula is C25H32N4O3S. The molecule has 2 aromatic carbocycles. The second-order valence-corrected chi connectivity index (χ2v) is 10.8. The van der Waals surface area contributed by atoms with Crippen molar-refractivity contribution in [3.05, 3.63) is 59.4 Å². The summed E-state index contributed by atoms with van der Waals surface area (Å²) in [7, 11) is -1.61. The zero-order valence-electron chi connectivity index (χ0n) is 19.5. The van der Waals surface area contributed by atoms with E-state index in [0.717, 1.165) is 41.7 Å². The first-order valence-corrected chi connectivity index (χ1v) is 13.0. The molecule has 176 valence electrons. The van der Waals surface area contributed by atoms with Crippen molar-refractivity contribution in [3.63, 3.8) is 0 Å². The standard InChI is InChI=1S/C25H32N4O3S/c1-18-9-5-6-10-21(18)19(2)26-25(30)14-13-24-27-22-17-20(11-12-23(22)28(24)3)33(31,32)29-15-7-4-8-16-29/h5-6,9-12,17,19H,4,7-8,13-16H2,1-3H3,(H,26,30). The lowest BCUT2D eigenvalue weighted by Gasteiger charge is -2.25. The van der Waals surface area contributed by atoms with E-state index < -0.39 is 10.0 Å². The van der Waals surface area contributed by atoms with Crippen molar-refractivity contribution < 1.29 is 13.2 Å². The average molecular weight is 469 g/mol. The number of benzene rings is 2. The van der Waals surface area contributed by atoms with Gasteiger partial charge in [-0.15, -0.1) is 0 Å². The quantitative estimate of drug-likeness (QED) is 0.571. The van der Waals surface area contributed by atoms with E-state index in [9.17, 15) is 13.2 Å². The largest absolute Gasteiger partial charge is 0.350 e. The number of fused-ring (bicyclic) bond motifs is 1. The van der Waals surface area contributed by atoms with Gasteiger partial charge in [0.25, 0.3) is 0 Å². The lowest BCUT2D eigenvalue weighted by molar-refractivity contribution is -0.121. The minimum Gasteiger partial charge on any atom is -0.350 e. The van der Waals surface area contributed by atoms with Crippen LogP contribution in [0, 0.1) is 6.92 Å². The molecule has 1 aliphatic rings. The Morgan fingerprint density at radius 3 is 2.58 bits per heavy atom. The van der Waals surface area contributed by atoms with Crippen LogP contribution in [0.4, 0.5) is 0 Å². The first-order valence-electron chi connectivity index (χ1n) is 11.6. The molecule has 1 atom stereocenters. The van der Waals surface area contributed by atoms with Gasteiger partial charge in [0.1, 0.15) is 5.82 Å². The summed E-state index contributed by atoms with van der Waals surface area (Å²) >= 11 is 0. The summed E-state index contributed by atoms with van der Waals surface area (Å²) in [4.78, 5) is 17.5. The topological polar surface area (TPSA) is 84.3 Å². The van der Waals surface area contributed by atoms with E-state index in [1.165, 1.54) is 0 Å². The van der Waals surface area contributed by atoms with E-state index in [1.54, 1.807) is 16.4 Å². The highest BCUT2D eigenvalue weighted by Crippen LogP contribution is 2.25. The third-order valence-electron chi connectivity index (χ3n) is 6.51. The Morgan fingerprint density at radius 1 is 1.12 bits per heavy atom. The first kappa shape index (κ1) is 23.4. The predicted molar refractivity (Wildman–Crippen MR) is 129 cm³/mol. The molecule has 3 aromatic rings. The number of piperidine rings is 1. The number of hydrogen-bond acceptors (Lipinski definition) is 4. The maximum absolute atomic E-state index is 13.0. The van der Waals surface area contributed by atoms with E-state index >= 15 is 0 Å². The fourth-order valence-electron chi connectivity index (χ4n) is 4.56. The third-order valence-corrected chi connectivity index (χ3v) is 8.40. The van der Waals surface area contributed by atoms with Gasteiger partial charge in [0.15, 0.2) is 0 Å². The van der Waals surface area contributed by atoms with Gasteiger partial charge in [-0.2, -0.15) is 4.31 Å². The number of sulfonamides is 1. The molecule has 8 heteroatoms. The summed E-state index contributed by atoms with van der Waals surface area (Å²) in [6.45, 7) is 5.17. The van der Waals surface area contributed by atoms with E-state index in [4.69, 9.17) is 0 Å². The zero-order valence-corrected chi connectivity index (χ0v) is 20.4. The predicted octanol–water partition coefficient (Wildman–Crippen LogP) is 3.87. The van der Waals surface area contributed by atoms with Crippen molar-refractivity contribution in [2.24, 2.45) is 7.05 Å². The fraction of sp³-hybridized carbons (Fsp3) is 0.440. The summed E-state index contributed by atoms with van der Waals surface area (Å²) in [5, 5.41) is 3.07. The van der Waals surface area contributed by atoms with Crippen LogP contribution in [-0.4, -0.2) is 41.3 Å². The first-order chi connectivity index (χ1) is 15.8. The summed E-state index contributed by atoms with van der Waals surface area (Å²) in [5.41, 5.74) is 3.75. The Balaban J connectivity index is 1.46. The molecule has 2 heterocycles. The van der Waals surface area contributed by atoms with Crippen molar-refractivity contribution in [2.45, 2.75) is 56.9 Å². The maximum atomic E-state index is 13.0. The van der Waals surface area contributed by atoms with E-state index in [0.29, 0.717) is 31.4 Å². The highest BCUT2D eigenvalue weighted by Gasteiger charge is 2.26. The van der Waals surface area contributed by atoms with Gasteiger partial charge in [0.2, 0.25) is 15.9 Å². The van der Waals surface area contributed by atoms with Gasteiger partial charge < -0.3 is 9.88 Å². The van der Waals surface area contributed by atoms with Crippen LogP contribution in [0.15, 0.2) is 47.4 Å². The van der Waals surface area contributed by atoms with Gasteiger partial charge in [-0.05, 0) is 56.0 Å². The monoisotopic (exact) mass is 468 g/mol. The molecule has 0 radical (unpaired) electrons. The Morgan fingerprint density at radius 2 is 1.85 bits per heavy atom. The fourth-order valence-corrected chi connectivity index (χ4v) is 6.09. The normalized spacial score (nSPS) is 16.1. The van der Waals surface area contributed by atoms with E-state index in [-0.39, 0.29) is 16.8 Å². The summed E-state index contributed by atoms with van der Waals surface area (Å²) in [6, 6.07) is 13.1. The second-order valence-electron chi connectivity index (χ2n) is 8.85. The number of imidazole rings is 1. The minimum atomic E-state index is -3.51. The van der Waals surface area contributed by atoms with Crippen molar-refractivity contribution in [1.29, 1.82) is 0 Å². The Labute approximate surface area is 195 Å². The number of carbonyl (C=O) groups is 1. The molecule has 1 saturated heterocycles. The maximum Gasteiger partial charge on any atom is 0.243 e. The van der Waals surface area contributed by atoms with Crippen LogP contribution >= 0.6 is 0 Å². The summed E-state index contributed by atoms with van der Waals surface area (Å²) in [6.07, 6.45) is 3.67. The highest BCUT2D eigenvalue weighted by molar-refractivity contribution is 7.89. The lowest BCUT2D eigenvalue weighted by atomic mass is 10.0. The van der Waals surface area contributed by atoms with Gasteiger partial charge in [-0.3, -0.25) is 4.79 Å². The molecule has 7 nitrogen and oxygen atoms in total. The van der Waals surface area contributed by atoms with Gasteiger partial charge >= 0.3 is 0 Å². The van der Waals surface area contributed by atoms with Crippen molar-refractivity contribution in [1.82, 2.24) is 19.2 Å². The molecular weight excluding hydrogens is 436 g/mol. The molecule has 4 rings (SSSR count). The minimum absolute atomic E-state index is 0.0359. The number of carbonyl (C=O) groups excluding carboxylic acids is 1. The smallest absolute Gasteiger partial charge is 0.243 e. The molecule has 1 fully saturated rings. The van der Waals surface area contributed by atoms with E-state index in [2.05, 4.69) is 10.3 Å². The van der Waals surface area contributed by atoms with Crippen LogP contribution in [0.25, 0.3) is 11.0 Å². The number of aromatic nitrogens is 2. The number of amides is 1. The molecule has 33 heavy (non-hydrogen) atoms. The molecule has 0 saturated carbocycles. The lowest BCUT2D eigenvalue weighted by Crippen LogP contribution is -2.35. The van der Waals surface area contributed by atoms with Crippen LogP contribution in [0.5, 0.6) is 0 Å². The molecule has 1 aromatic heterocycles. The SMILES string of the molecule is Cc1ccccc1C(C)NC(=O)CCc1nc2cc(S(=O)(=O)N3CCCCC3)ccc2n1C. The Kier molecular flexibility index (Phi) is 6.86. The molecule has 1 unspecified atom stereocenters. The Bertz CT molecular complexity index is 1260. The van der Waals surface area contributed by atoms with Gasteiger partial charge in [-0.25, -0.2) is 13.4 Å². The van der Waals surface area contributed by atoms with Crippen LogP contribution in [0.1, 0.15) is 55.6 Å². The van der Waals surface area contributed by atoms with Gasteiger partial charge in [0.05, 0.1) is 22.0 Å². The molecule has 0 aliphatic carbocycles. The molecule has 1 aliphatic heterocycles. The van der Waals surface area contributed by atoms with Crippen molar-refractivity contribution in [3.8, 4) is 0 Å². The van der Waals surface area contributed by atoms with Crippen LogP contribution in [0.3, 0.4) is 0 Å².